The van der Waals surface area contributed by atoms with Gasteiger partial charge in [-0.3, -0.25) is 14.5 Å². The van der Waals surface area contributed by atoms with Crippen molar-refractivity contribution in [3.8, 4) is 0 Å². The molecule has 0 aromatic carbocycles. The first-order chi connectivity index (χ1) is 9.86. The number of carbonyl (C=O) groups is 2. The van der Waals surface area contributed by atoms with Crippen molar-refractivity contribution < 1.29 is 14.3 Å². The van der Waals surface area contributed by atoms with Crippen LogP contribution in [-0.2, 0) is 14.3 Å². The van der Waals surface area contributed by atoms with Gasteiger partial charge in [0.1, 0.15) is 0 Å². The first-order valence-electron chi connectivity index (χ1n) is 8.06. The van der Waals surface area contributed by atoms with Gasteiger partial charge in [-0.25, -0.2) is 0 Å². The molecule has 1 aliphatic rings. The number of nitrogens with zero attached hydrogens (tertiary/aromatic N) is 2. The third kappa shape index (κ3) is 5.30. The summed E-state index contributed by atoms with van der Waals surface area (Å²) in [6, 6.07) is 0.395. The van der Waals surface area contributed by atoms with Gasteiger partial charge in [0.15, 0.2) is 0 Å². The Morgan fingerprint density at radius 1 is 1.24 bits per heavy atom. The number of amides is 1. The van der Waals surface area contributed by atoms with Gasteiger partial charge in [-0.2, -0.15) is 0 Å². The third-order valence-electron chi connectivity index (χ3n) is 3.88. The molecule has 1 saturated heterocycles. The van der Waals surface area contributed by atoms with Crippen LogP contribution in [0.1, 0.15) is 47.5 Å². The van der Waals surface area contributed by atoms with E-state index in [4.69, 9.17) is 4.74 Å². The topological polar surface area (TPSA) is 49.9 Å². The Kier molecular flexibility index (Phi) is 7.15. The molecule has 21 heavy (non-hydrogen) atoms. The lowest BCUT2D eigenvalue weighted by molar-refractivity contribution is -0.151. The summed E-state index contributed by atoms with van der Waals surface area (Å²) in [4.78, 5) is 28.3. The Labute approximate surface area is 128 Å². The van der Waals surface area contributed by atoms with Gasteiger partial charge < -0.3 is 9.64 Å². The molecule has 0 unspecified atom stereocenters. The van der Waals surface area contributed by atoms with E-state index in [1.54, 1.807) is 0 Å². The maximum atomic E-state index is 12.5. The molecule has 0 N–H and O–H groups in total. The van der Waals surface area contributed by atoms with Crippen molar-refractivity contribution in [3.63, 3.8) is 0 Å². The van der Waals surface area contributed by atoms with Gasteiger partial charge >= 0.3 is 5.97 Å². The maximum Gasteiger partial charge on any atom is 0.310 e. The van der Waals surface area contributed by atoms with Crippen LogP contribution in [0.4, 0.5) is 0 Å². The highest BCUT2D eigenvalue weighted by molar-refractivity contribution is 5.79. The van der Waals surface area contributed by atoms with Gasteiger partial charge in [0.2, 0.25) is 5.91 Å². The number of rotatable bonds is 6. The first kappa shape index (κ1) is 18.0. The summed E-state index contributed by atoms with van der Waals surface area (Å²) >= 11 is 0. The SMILES string of the molecule is CCOC(=O)[C@H]1CCCN(CC(=O)N(C(C)C)C(C)C)C1. The molecule has 122 valence electrons. The molecule has 1 amide bonds. The molecule has 1 heterocycles. The average molecular weight is 298 g/mol. The molecular formula is C16H30N2O3. The van der Waals surface area contributed by atoms with Gasteiger partial charge in [-0.1, -0.05) is 0 Å². The van der Waals surface area contributed by atoms with Crippen LogP contribution >= 0.6 is 0 Å². The number of esters is 1. The zero-order chi connectivity index (χ0) is 16.0. The number of ether oxygens (including phenoxy) is 1. The van der Waals surface area contributed by atoms with Gasteiger partial charge in [0, 0.05) is 18.6 Å². The summed E-state index contributed by atoms with van der Waals surface area (Å²) in [5, 5.41) is 0. The van der Waals surface area contributed by atoms with E-state index in [1.807, 2.05) is 39.5 Å². The van der Waals surface area contributed by atoms with Crippen LogP contribution in [0.15, 0.2) is 0 Å². The van der Waals surface area contributed by atoms with Crippen LogP contribution in [0.25, 0.3) is 0 Å². The summed E-state index contributed by atoms with van der Waals surface area (Å²) in [5.41, 5.74) is 0. The van der Waals surface area contributed by atoms with Crippen molar-refractivity contribution in [2.75, 3.05) is 26.2 Å². The molecule has 5 heteroatoms. The van der Waals surface area contributed by atoms with E-state index >= 15 is 0 Å². The largest absolute Gasteiger partial charge is 0.466 e. The second-order valence-corrected chi connectivity index (χ2v) is 6.31. The lowest BCUT2D eigenvalue weighted by Gasteiger charge is -2.35. The fourth-order valence-corrected chi connectivity index (χ4v) is 3.10. The summed E-state index contributed by atoms with van der Waals surface area (Å²) in [6.45, 7) is 12.3. The van der Waals surface area contributed by atoms with E-state index in [1.165, 1.54) is 0 Å². The highest BCUT2D eigenvalue weighted by Crippen LogP contribution is 2.18. The predicted molar refractivity (Wildman–Crippen MR) is 82.9 cm³/mol. The summed E-state index contributed by atoms with van der Waals surface area (Å²) in [7, 11) is 0. The minimum Gasteiger partial charge on any atom is -0.466 e. The van der Waals surface area contributed by atoms with E-state index in [9.17, 15) is 9.59 Å². The maximum absolute atomic E-state index is 12.5. The van der Waals surface area contributed by atoms with Gasteiger partial charge in [-0.15, -0.1) is 0 Å². The van der Waals surface area contributed by atoms with Crippen LogP contribution in [0.5, 0.6) is 0 Å². The molecule has 0 radical (unpaired) electrons. The van der Waals surface area contributed by atoms with Crippen LogP contribution in [0, 0.1) is 5.92 Å². The first-order valence-corrected chi connectivity index (χ1v) is 8.06. The standard InChI is InChI=1S/C16H30N2O3/c1-6-21-16(20)14-8-7-9-17(10-14)11-15(19)18(12(2)3)13(4)5/h12-14H,6-11H2,1-5H3/t14-/m0/s1. The lowest BCUT2D eigenvalue weighted by Crippen LogP contribution is -2.49. The summed E-state index contributed by atoms with van der Waals surface area (Å²) < 4.78 is 5.10. The van der Waals surface area contributed by atoms with Crippen molar-refractivity contribution in [3.05, 3.63) is 0 Å². The van der Waals surface area contributed by atoms with Crippen LogP contribution < -0.4 is 0 Å². The molecular weight excluding hydrogens is 268 g/mol. The van der Waals surface area contributed by atoms with Crippen molar-refractivity contribution in [2.45, 2.75) is 59.5 Å². The fraction of sp³-hybridized carbons (Fsp3) is 0.875. The lowest BCUT2D eigenvalue weighted by atomic mass is 9.98. The molecule has 0 saturated carbocycles. The fourth-order valence-electron chi connectivity index (χ4n) is 3.10. The number of hydrogen-bond donors (Lipinski definition) is 0. The molecule has 1 fully saturated rings. The average Bonchev–Trinajstić information content (AvgIpc) is 2.38. The highest BCUT2D eigenvalue weighted by Gasteiger charge is 2.29. The molecule has 5 nitrogen and oxygen atoms in total. The minimum absolute atomic E-state index is 0.0851. The highest BCUT2D eigenvalue weighted by atomic mass is 16.5. The molecule has 0 aliphatic carbocycles. The Morgan fingerprint density at radius 3 is 2.38 bits per heavy atom. The molecule has 1 atom stereocenters. The molecule has 0 aromatic heterocycles. The van der Waals surface area contributed by atoms with E-state index in [2.05, 4.69) is 4.90 Å². The number of carbonyl (C=O) groups excluding carboxylic acids is 2. The number of hydrogen-bond acceptors (Lipinski definition) is 4. The van der Waals surface area contributed by atoms with E-state index < -0.39 is 0 Å². The van der Waals surface area contributed by atoms with E-state index in [-0.39, 0.29) is 29.9 Å². The van der Waals surface area contributed by atoms with Gasteiger partial charge in [-0.05, 0) is 54.0 Å². The van der Waals surface area contributed by atoms with Crippen LogP contribution in [0.2, 0.25) is 0 Å². The van der Waals surface area contributed by atoms with Crippen LogP contribution in [0.3, 0.4) is 0 Å². The van der Waals surface area contributed by atoms with Gasteiger partial charge in [0.05, 0.1) is 19.1 Å². The zero-order valence-corrected chi connectivity index (χ0v) is 14.1. The summed E-state index contributed by atoms with van der Waals surface area (Å²) in [5.74, 6) is -0.0678. The van der Waals surface area contributed by atoms with Crippen molar-refractivity contribution in [2.24, 2.45) is 5.92 Å². The molecule has 0 spiro atoms. The third-order valence-corrected chi connectivity index (χ3v) is 3.88. The molecule has 0 aromatic rings. The van der Waals surface area contributed by atoms with Crippen LogP contribution in [-0.4, -0.2) is 60.0 Å². The predicted octanol–water partition coefficient (Wildman–Crippen LogP) is 1.91. The minimum atomic E-state index is -0.126. The quantitative estimate of drug-likeness (QED) is 0.703. The summed E-state index contributed by atoms with van der Waals surface area (Å²) in [6.07, 6.45) is 1.81. The van der Waals surface area contributed by atoms with Crippen molar-refractivity contribution in [1.29, 1.82) is 0 Å². The Morgan fingerprint density at radius 2 is 1.86 bits per heavy atom. The second kappa shape index (κ2) is 8.37. The van der Waals surface area contributed by atoms with E-state index in [0.29, 0.717) is 19.7 Å². The Bertz CT molecular complexity index is 347. The van der Waals surface area contributed by atoms with Crippen molar-refractivity contribution >= 4 is 11.9 Å². The molecule has 1 aliphatic heterocycles. The van der Waals surface area contributed by atoms with E-state index in [0.717, 1.165) is 19.4 Å². The smallest absolute Gasteiger partial charge is 0.310 e. The molecule has 0 bridgehead atoms. The Balaban J connectivity index is 2.57. The monoisotopic (exact) mass is 298 g/mol. The van der Waals surface area contributed by atoms with Crippen molar-refractivity contribution in [1.82, 2.24) is 9.80 Å². The van der Waals surface area contributed by atoms with Gasteiger partial charge in [0.25, 0.3) is 0 Å². The second-order valence-electron chi connectivity index (χ2n) is 6.31. The number of likely N-dealkylation sites (tertiary alicyclic amines) is 1. The number of piperidine rings is 1. The molecule has 1 rings (SSSR count). The Hall–Kier alpha value is -1.10. The zero-order valence-electron chi connectivity index (χ0n) is 14.1. The normalized spacial score (nSPS) is 19.9.